The topological polar surface area (TPSA) is 35.8 Å². The smallest absolute Gasteiger partial charge is 0.147 e. The quantitative estimate of drug-likeness (QED) is 0.734. The monoisotopic (exact) mass is 398 g/mol. The number of aryl methyl sites for hydroxylation is 1. The summed E-state index contributed by atoms with van der Waals surface area (Å²) in [6.07, 6.45) is 3.26. The van der Waals surface area contributed by atoms with Crippen LogP contribution >= 0.6 is 33.9 Å². The number of rotatable bonds is 2. The van der Waals surface area contributed by atoms with Crippen LogP contribution < -0.4 is 5.32 Å². The van der Waals surface area contributed by atoms with Crippen molar-refractivity contribution >= 4 is 39.6 Å². The van der Waals surface area contributed by atoms with Crippen LogP contribution in [0.4, 0.5) is 10.1 Å². The second kappa shape index (κ2) is 5.70. The van der Waals surface area contributed by atoms with Crippen molar-refractivity contribution in [1.29, 1.82) is 5.26 Å². The highest BCUT2D eigenvalue weighted by atomic mass is 127. The van der Waals surface area contributed by atoms with Gasteiger partial charge in [-0.05, 0) is 71.7 Å². The average Bonchev–Trinajstić information content (AvgIpc) is 2.82. The van der Waals surface area contributed by atoms with Crippen molar-refractivity contribution in [2.45, 2.75) is 25.3 Å². The summed E-state index contributed by atoms with van der Waals surface area (Å²) in [7, 11) is 0. The summed E-state index contributed by atoms with van der Waals surface area (Å²) in [5, 5.41) is 12.1. The van der Waals surface area contributed by atoms with Crippen molar-refractivity contribution in [3.63, 3.8) is 0 Å². The van der Waals surface area contributed by atoms with Gasteiger partial charge in [0.25, 0.3) is 0 Å². The Morgan fingerprint density at radius 1 is 1.40 bits per heavy atom. The van der Waals surface area contributed by atoms with Crippen molar-refractivity contribution < 1.29 is 4.39 Å². The molecule has 102 valence electrons. The molecule has 1 aliphatic carbocycles. The predicted molar refractivity (Wildman–Crippen MR) is 87.5 cm³/mol. The molecule has 1 aliphatic rings. The number of hydrogen-bond acceptors (Lipinski definition) is 3. The number of nitrogens with one attached hydrogen (secondary N) is 1. The SMILES string of the molecule is N#Cc1ccc(NC2CCCc3sc(I)cc32)c(F)c1. The van der Waals surface area contributed by atoms with E-state index in [2.05, 4.69) is 34.0 Å². The number of benzene rings is 1. The Bertz CT molecular complexity index is 690. The van der Waals surface area contributed by atoms with E-state index < -0.39 is 0 Å². The third-order valence-corrected chi connectivity index (χ3v) is 5.48. The lowest BCUT2D eigenvalue weighted by molar-refractivity contribution is 0.592. The van der Waals surface area contributed by atoms with Gasteiger partial charge >= 0.3 is 0 Å². The van der Waals surface area contributed by atoms with Crippen molar-refractivity contribution in [1.82, 2.24) is 0 Å². The van der Waals surface area contributed by atoms with Gasteiger partial charge in [-0.3, -0.25) is 0 Å². The zero-order valence-electron chi connectivity index (χ0n) is 10.6. The predicted octanol–water partition coefficient (Wildman–Crippen LogP) is 4.85. The summed E-state index contributed by atoms with van der Waals surface area (Å²) < 4.78 is 15.2. The molecule has 0 radical (unpaired) electrons. The van der Waals surface area contributed by atoms with Gasteiger partial charge in [-0.1, -0.05) is 0 Å². The summed E-state index contributed by atoms with van der Waals surface area (Å²) in [5.41, 5.74) is 2.12. The van der Waals surface area contributed by atoms with E-state index in [1.54, 1.807) is 12.1 Å². The Hall–Kier alpha value is -1.13. The van der Waals surface area contributed by atoms with Crippen LogP contribution in [0.3, 0.4) is 0 Å². The van der Waals surface area contributed by atoms with Crippen LogP contribution in [-0.2, 0) is 6.42 Å². The highest BCUT2D eigenvalue weighted by Crippen LogP contribution is 2.38. The first kappa shape index (κ1) is 13.8. The van der Waals surface area contributed by atoms with Crippen molar-refractivity contribution in [2.75, 3.05) is 5.32 Å². The Morgan fingerprint density at radius 3 is 3.00 bits per heavy atom. The lowest BCUT2D eigenvalue weighted by atomic mass is 9.94. The molecule has 1 aromatic heterocycles. The molecule has 3 rings (SSSR count). The summed E-state index contributed by atoms with van der Waals surface area (Å²) in [5.74, 6) is -0.360. The van der Waals surface area contributed by atoms with Crippen LogP contribution in [0.2, 0.25) is 0 Å². The molecule has 2 aromatic rings. The van der Waals surface area contributed by atoms with Gasteiger partial charge in [0.05, 0.1) is 26.2 Å². The number of halogens is 2. The largest absolute Gasteiger partial charge is 0.376 e. The fourth-order valence-electron chi connectivity index (χ4n) is 2.56. The zero-order chi connectivity index (χ0) is 14.1. The summed E-state index contributed by atoms with van der Waals surface area (Å²) >= 11 is 4.16. The molecule has 5 heteroatoms. The molecule has 0 fully saturated rings. The molecule has 1 aromatic carbocycles. The van der Waals surface area contributed by atoms with E-state index in [4.69, 9.17) is 5.26 Å². The number of thiophene rings is 1. The normalized spacial score (nSPS) is 17.4. The molecular formula is C15H12FIN2S. The van der Waals surface area contributed by atoms with Gasteiger partial charge in [-0.2, -0.15) is 5.26 Å². The maximum Gasteiger partial charge on any atom is 0.147 e. The first-order valence-corrected chi connectivity index (χ1v) is 8.31. The van der Waals surface area contributed by atoms with Crippen LogP contribution in [0.1, 0.15) is 34.9 Å². The first-order chi connectivity index (χ1) is 9.67. The molecule has 20 heavy (non-hydrogen) atoms. The fourth-order valence-corrected chi connectivity index (χ4v) is 4.68. The maximum atomic E-state index is 14.0. The minimum absolute atomic E-state index is 0.168. The van der Waals surface area contributed by atoms with Gasteiger partial charge in [0.2, 0.25) is 0 Å². The van der Waals surface area contributed by atoms with E-state index in [9.17, 15) is 4.39 Å². The fraction of sp³-hybridized carbons (Fsp3) is 0.267. The lowest BCUT2D eigenvalue weighted by Crippen LogP contribution is -2.16. The van der Waals surface area contributed by atoms with Crippen LogP contribution in [0.25, 0.3) is 0 Å². The third kappa shape index (κ3) is 2.67. The molecule has 0 aliphatic heterocycles. The highest BCUT2D eigenvalue weighted by Gasteiger charge is 2.23. The van der Waals surface area contributed by atoms with Crippen LogP contribution in [-0.4, -0.2) is 0 Å². The van der Waals surface area contributed by atoms with Gasteiger partial charge in [-0.15, -0.1) is 11.3 Å². The molecule has 0 saturated carbocycles. The Morgan fingerprint density at radius 2 is 2.25 bits per heavy atom. The molecule has 1 atom stereocenters. The van der Waals surface area contributed by atoms with Crippen LogP contribution in [0.5, 0.6) is 0 Å². The van der Waals surface area contributed by atoms with Gasteiger partial charge in [-0.25, -0.2) is 4.39 Å². The molecular weight excluding hydrogens is 386 g/mol. The second-order valence-corrected chi connectivity index (χ2v) is 7.86. The molecule has 2 nitrogen and oxygen atoms in total. The van der Waals surface area contributed by atoms with Crippen LogP contribution in [0, 0.1) is 20.0 Å². The molecule has 0 saturated heterocycles. The van der Waals surface area contributed by atoms with Crippen molar-refractivity contribution in [3.8, 4) is 6.07 Å². The summed E-state index contributed by atoms with van der Waals surface area (Å²) in [6, 6.07) is 8.89. The van der Waals surface area contributed by atoms with Gasteiger partial charge in [0, 0.05) is 4.88 Å². The maximum absolute atomic E-state index is 14.0. The Labute approximate surface area is 134 Å². The second-order valence-electron chi connectivity index (χ2n) is 4.82. The molecule has 0 spiro atoms. The average molecular weight is 398 g/mol. The Balaban J connectivity index is 1.87. The van der Waals surface area contributed by atoms with E-state index in [-0.39, 0.29) is 11.9 Å². The highest BCUT2D eigenvalue weighted by molar-refractivity contribution is 14.1. The number of anilines is 1. The lowest BCUT2D eigenvalue weighted by Gasteiger charge is -2.24. The van der Waals surface area contributed by atoms with Gasteiger partial charge < -0.3 is 5.32 Å². The van der Waals surface area contributed by atoms with Crippen molar-refractivity contribution in [2.24, 2.45) is 0 Å². The third-order valence-electron chi connectivity index (χ3n) is 3.51. The van der Waals surface area contributed by atoms with E-state index in [1.165, 1.54) is 19.4 Å². The molecule has 1 N–H and O–H groups in total. The molecule has 1 unspecified atom stereocenters. The van der Waals surface area contributed by atoms with E-state index in [1.807, 2.05) is 17.4 Å². The zero-order valence-corrected chi connectivity index (χ0v) is 13.6. The van der Waals surface area contributed by atoms with E-state index >= 15 is 0 Å². The van der Waals surface area contributed by atoms with Crippen LogP contribution in [0.15, 0.2) is 24.3 Å². The van der Waals surface area contributed by atoms with Crippen molar-refractivity contribution in [3.05, 3.63) is 49.0 Å². The number of hydrogen-bond donors (Lipinski definition) is 1. The number of fused-ring (bicyclic) bond motifs is 1. The van der Waals surface area contributed by atoms with Gasteiger partial charge in [0.15, 0.2) is 0 Å². The minimum atomic E-state index is -0.360. The number of nitrogens with zero attached hydrogens (tertiary/aromatic N) is 1. The first-order valence-electron chi connectivity index (χ1n) is 6.41. The molecule has 0 amide bonds. The van der Waals surface area contributed by atoms with E-state index in [0.717, 1.165) is 19.3 Å². The van der Waals surface area contributed by atoms with E-state index in [0.29, 0.717) is 11.3 Å². The number of nitriles is 1. The summed E-state index contributed by atoms with van der Waals surface area (Å²) in [4.78, 5) is 1.41. The molecule has 1 heterocycles. The van der Waals surface area contributed by atoms with Gasteiger partial charge in [0.1, 0.15) is 5.82 Å². The minimum Gasteiger partial charge on any atom is -0.376 e. The summed E-state index contributed by atoms with van der Waals surface area (Å²) in [6.45, 7) is 0. The molecule has 0 bridgehead atoms. The Kier molecular flexibility index (Phi) is 3.94. The standard InChI is InChI=1S/C15H12FIN2S/c16-11-6-9(8-18)4-5-13(11)19-12-2-1-3-14-10(12)7-15(17)20-14/h4-7,12,19H,1-3H2.